The highest BCUT2D eigenvalue weighted by atomic mass is 15.3. The van der Waals surface area contributed by atoms with E-state index >= 15 is 0 Å². The van der Waals surface area contributed by atoms with Gasteiger partial charge in [-0.15, -0.1) is 0 Å². The summed E-state index contributed by atoms with van der Waals surface area (Å²) in [5.41, 5.74) is 0.971. The van der Waals surface area contributed by atoms with E-state index < -0.39 is 0 Å². The molecule has 2 heterocycles. The summed E-state index contributed by atoms with van der Waals surface area (Å²) in [6.45, 7) is 0. The third kappa shape index (κ3) is 3.00. The number of nitrogens with zero attached hydrogens (tertiary/aromatic N) is 4. The number of hydrogen-bond acceptors (Lipinski definition) is 5. The molecule has 3 aromatic rings. The summed E-state index contributed by atoms with van der Waals surface area (Å²) in [6.07, 6.45) is 1.88. The van der Waals surface area contributed by atoms with Crippen molar-refractivity contribution in [3.63, 3.8) is 0 Å². The monoisotopic (exact) mass is 280 g/mol. The van der Waals surface area contributed by atoms with Gasteiger partial charge in [0, 0.05) is 38.0 Å². The summed E-state index contributed by atoms with van der Waals surface area (Å²) in [6, 6.07) is 13.6. The van der Waals surface area contributed by atoms with E-state index in [-0.39, 0.29) is 0 Å². The van der Waals surface area contributed by atoms with E-state index in [0.29, 0.717) is 11.6 Å². The van der Waals surface area contributed by atoms with Crippen LogP contribution in [0.1, 0.15) is 0 Å². The summed E-state index contributed by atoms with van der Waals surface area (Å²) in [5.74, 6) is 2.87. The van der Waals surface area contributed by atoms with Crippen molar-refractivity contribution in [1.82, 2.24) is 19.7 Å². The van der Waals surface area contributed by atoms with E-state index in [4.69, 9.17) is 0 Å². The number of anilines is 3. The summed E-state index contributed by atoms with van der Waals surface area (Å²) >= 11 is 0. The van der Waals surface area contributed by atoms with Crippen LogP contribution in [0, 0.1) is 0 Å². The van der Waals surface area contributed by atoms with Gasteiger partial charge in [-0.05, 0) is 0 Å². The van der Waals surface area contributed by atoms with Gasteiger partial charge in [0.15, 0.2) is 11.6 Å². The van der Waals surface area contributed by atoms with Crippen LogP contribution in [-0.4, -0.2) is 26.8 Å². The molecule has 2 N–H and O–H groups in total. The lowest BCUT2D eigenvalue weighted by atomic mass is 10.2. The second-order valence-corrected chi connectivity index (χ2v) is 4.58. The fourth-order valence-corrected chi connectivity index (χ4v) is 1.97. The highest BCUT2D eigenvalue weighted by Crippen LogP contribution is 2.21. The normalized spacial score (nSPS) is 10.4. The summed E-state index contributed by atoms with van der Waals surface area (Å²) < 4.78 is 1.74. The number of nitrogens with one attached hydrogen (secondary N) is 2. The molecule has 0 saturated heterocycles. The van der Waals surface area contributed by atoms with E-state index in [1.165, 1.54) is 0 Å². The minimum absolute atomic E-state index is 0.667. The molecular formula is C15H16N6. The highest BCUT2D eigenvalue weighted by Gasteiger charge is 2.07. The van der Waals surface area contributed by atoms with Gasteiger partial charge in [-0.2, -0.15) is 5.10 Å². The van der Waals surface area contributed by atoms with Crippen LogP contribution in [0.15, 0.2) is 48.7 Å². The number of hydrogen-bond donors (Lipinski definition) is 2. The van der Waals surface area contributed by atoms with Crippen LogP contribution in [0.2, 0.25) is 0 Å². The summed E-state index contributed by atoms with van der Waals surface area (Å²) in [5, 5.41) is 10.5. The Morgan fingerprint density at radius 3 is 2.38 bits per heavy atom. The van der Waals surface area contributed by atoms with Gasteiger partial charge in [0.05, 0.1) is 0 Å². The fraction of sp³-hybridized carbons (Fsp3) is 0.133. The number of aryl methyl sites for hydroxylation is 1. The van der Waals surface area contributed by atoms with Crippen molar-refractivity contribution < 1.29 is 0 Å². The van der Waals surface area contributed by atoms with Gasteiger partial charge in [-0.1, -0.05) is 30.3 Å². The molecule has 0 saturated carbocycles. The number of benzene rings is 1. The fourth-order valence-electron chi connectivity index (χ4n) is 1.97. The number of aromatic nitrogens is 4. The third-order valence-electron chi connectivity index (χ3n) is 2.98. The zero-order valence-corrected chi connectivity index (χ0v) is 11.9. The average Bonchev–Trinajstić information content (AvgIpc) is 2.93. The molecule has 0 bridgehead atoms. The first kappa shape index (κ1) is 13.1. The zero-order valence-electron chi connectivity index (χ0n) is 11.9. The molecule has 21 heavy (non-hydrogen) atoms. The SMILES string of the molecule is CNc1cc(Nc2ccn(C)n2)nc(-c2ccccc2)n1. The van der Waals surface area contributed by atoms with Gasteiger partial charge >= 0.3 is 0 Å². The van der Waals surface area contributed by atoms with E-state index in [0.717, 1.165) is 17.2 Å². The van der Waals surface area contributed by atoms with Crippen LogP contribution < -0.4 is 10.6 Å². The van der Waals surface area contributed by atoms with Crippen molar-refractivity contribution in [1.29, 1.82) is 0 Å². The Bertz CT molecular complexity index is 735. The molecule has 3 rings (SSSR count). The number of rotatable bonds is 4. The molecule has 2 aromatic heterocycles. The Morgan fingerprint density at radius 1 is 0.952 bits per heavy atom. The van der Waals surface area contributed by atoms with Gasteiger partial charge in [0.2, 0.25) is 0 Å². The van der Waals surface area contributed by atoms with Gasteiger partial charge in [-0.3, -0.25) is 4.68 Å². The van der Waals surface area contributed by atoms with Crippen LogP contribution in [0.25, 0.3) is 11.4 Å². The molecular weight excluding hydrogens is 264 g/mol. The van der Waals surface area contributed by atoms with Crippen LogP contribution in [0.4, 0.5) is 17.5 Å². The lowest BCUT2D eigenvalue weighted by Crippen LogP contribution is -2.02. The highest BCUT2D eigenvalue weighted by molar-refractivity contribution is 5.63. The van der Waals surface area contributed by atoms with Gasteiger partial charge in [-0.25, -0.2) is 9.97 Å². The maximum Gasteiger partial charge on any atom is 0.163 e. The topological polar surface area (TPSA) is 67.7 Å². The van der Waals surface area contributed by atoms with Crippen molar-refractivity contribution in [2.75, 3.05) is 17.7 Å². The van der Waals surface area contributed by atoms with Crippen molar-refractivity contribution in [2.45, 2.75) is 0 Å². The Morgan fingerprint density at radius 2 is 1.71 bits per heavy atom. The second-order valence-electron chi connectivity index (χ2n) is 4.58. The molecule has 0 aliphatic carbocycles. The van der Waals surface area contributed by atoms with Crippen LogP contribution in [0.5, 0.6) is 0 Å². The average molecular weight is 280 g/mol. The molecule has 6 heteroatoms. The van der Waals surface area contributed by atoms with Gasteiger partial charge in [0.1, 0.15) is 11.6 Å². The lowest BCUT2D eigenvalue weighted by molar-refractivity contribution is 0.771. The Balaban J connectivity index is 1.97. The molecule has 0 aliphatic heterocycles. The molecule has 0 fully saturated rings. The van der Waals surface area contributed by atoms with Crippen molar-refractivity contribution >= 4 is 17.5 Å². The maximum atomic E-state index is 4.54. The largest absolute Gasteiger partial charge is 0.373 e. The molecule has 0 atom stereocenters. The smallest absolute Gasteiger partial charge is 0.163 e. The first-order chi connectivity index (χ1) is 10.2. The molecule has 0 aliphatic rings. The summed E-state index contributed by atoms with van der Waals surface area (Å²) in [4.78, 5) is 9.03. The molecule has 0 radical (unpaired) electrons. The Kier molecular flexibility index (Phi) is 3.51. The first-order valence-corrected chi connectivity index (χ1v) is 6.63. The van der Waals surface area contributed by atoms with E-state index in [1.54, 1.807) is 4.68 Å². The standard InChI is InChI=1S/C15H16N6/c1-16-13-10-14(17-12-8-9-21(2)20-12)19-15(18-13)11-6-4-3-5-7-11/h3-10H,1-2H3,(H2,16,17,18,19,20). The predicted molar refractivity (Wildman–Crippen MR) is 83.5 cm³/mol. The van der Waals surface area contributed by atoms with Crippen LogP contribution in [-0.2, 0) is 7.05 Å². The summed E-state index contributed by atoms with van der Waals surface area (Å²) in [7, 11) is 3.71. The van der Waals surface area contributed by atoms with Crippen LogP contribution >= 0.6 is 0 Å². The lowest BCUT2D eigenvalue weighted by Gasteiger charge is -2.08. The molecule has 0 spiro atoms. The molecule has 1 aromatic carbocycles. The van der Waals surface area contributed by atoms with E-state index in [9.17, 15) is 0 Å². The predicted octanol–water partition coefficient (Wildman–Crippen LogP) is 2.66. The second kappa shape index (κ2) is 5.62. The third-order valence-corrected chi connectivity index (χ3v) is 2.98. The van der Waals surface area contributed by atoms with Gasteiger partial charge < -0.3 is 10.6 Å². The quantitative estimate of drug-likeness (QED) is 0.769. The molecule has 0 amide bonds. The molecule has 106 valence electrons. The molecule has 6 nitrogen and oxygen atoms in total. The Labute approximate surface area is 122 Å². The van der Waals surface area contributed by atoms with E-state index in [2.05, 4.69) is 25.7 Å². The maximum absolute atomic E-state index is 4.54. The Hall–Kier alpha value is -2.89. The zero-order chi connectivity index (χ0) is 14.7. The van der Waals surface area contributed by atoms with Crippen molar-refractivity contribution in [3.8, 4) is 11.4 Å². The minimum atomic E-state index is 0.667. The molecule has 0 unspecified atom stereocenters. The van der Waals surface area contributed by atoms with Crippen molar-refractivity contribution in [3.05, 3.63) is 48.7 Å². The van der Waals surface area contributed by atoms with E-state index in [1.807, 2.05) is 62.8 Å². The minimum Gasteiger partial charge on any atom is -0.373 e. The van der Waals surface area contributed by atoms with Gasteiger partial charge in [0.25, 0.3) is 0 Å². The van der Waals surface area contributed by atoms with Crippen LogP contribution in [0.3, 0.4) is 0 Å². The van der Waals surface area contributed by atoms with Crippen molar-refractivity contribution in [2.24, 2.45) is 7.05 Å². The first-order valence-electron chi connectivity index (χ1n) is 6.63.